The standard InChI is InChI=1S/C33H28FN5O2S/c1-19-7-5-9-24(34)30(19)37-32(40)29-17-21-15-16-38(27-12-4-3-8-23(27)31(21)42-29)33(41)26-11-6-10-25(36-26)28-18-35-20(2)39(28)22-13-14-22/h3-12,17-18,22H,13-16H2,1-2H3,(H,37,40). The number of pyridine rings is 1. The number of carbonyl (C=O) groups excluding carboxylic acids is 2. The summed E-state index contributed by atoms with van der Waals surface area (Å²) in [5, 5.41) is 2.74. The number of carbonyl (C=O) groups is 2. The molecule has 2 aromatic carbocycles. The molecule has 1 aliphatic carbocycles. The number of amides is 2. The van der Waals surface area contributed by atoms with E-state index in [-0.39, 0.29) is 17.5 Å². The Balaban J connectivity index is 1.20. The zero-order valence-electron chi connectivity index (χ0n) is 23.2. The molecule has 42 heavy (non-hydrogen) atoms. The van der Waals surface area contributed by atoms with E-state index in [2.05, 4.69) is 14.9 Å². The number of halogens is 1. The monoisotopic (exact) mass is 577 g/mol. The Morgan fingerprint density at radius 2 is 1.83 bits per heavy atom. The summed E-state index contributed by atoms with van der Waals surface area (Å²) in [5.41, 5.74) is 5.50. The number of aryl methyl sites for hydroxylation is 2. The van der Waals surface area contributed by atoms with Crippen LogP contribution in [0.1, 0.15) is 56.0 Å². The molecule has 0 spiro atoms. The minimum Gasteiger partial charge on any atom is -0.324 e. The van der Waals surface area contributed by atoms with E-state index in [9.17, 15) is 14.0 Å². The zero-order valence-corrected chi connectivity index (χ0v) is 24.0. The lowest BCUT2D eigenvalue weighted by atomic mass is 10.1. The number of benzene rings is 2. The fourth-order valence-electron chi connectivity index (χ4n) is 5.66. The highest BCUT2D eigenvalue weighted by molar-refractivity contribution is 7.17. The quantitative estimate of drug-likeness (QED) is 0.239. The van der Waals surface area contributed by atoms with Crippen LogP contribution in [-0.2, 0) is 6.42 Å². The number of hydrogen-bond acceptors (Lipinski definition) is 5. The molecule has 210 valence electrons. The molecule has 1 saturated carbocycles. The molecule has 0 atom stereocenters. The maximum Gasteiger partial charge on any atom is 0.276 e. The first-order valence-corrected chi connectivity index (χ1v) is 14.8. The molecular weight excluding hydrogens is 549 g/mol. The number of hydrogen-bond donors (Lipinski definition) is 1. The molecule has 3 aromatic heterocycles. The second-order valence-corrected chi connectivity index (χ2v) is 11.8. The van der Waals surface area contributed by atoms with Gasteiger partial charge in [0.15, 0.2) is 0 Å². The van der Waals surface area contributed by atoms with Crippen LogP contribution in [0.4, 0.5) is 15.8 Å². The van der Waals surface area contributed by atoms with Crippen molar-refractivity contribution in [2.45, 2.75) is 39.2 Å². The summed E-state index contributed by atoms with van der Waals surface area (Å²) < 4.78 is 16.6. The van der Waals surface area contributed by atoms with Crippen LogP contribution in [0.3, 0.4) is 0 Å². The molecule has 5 aromatic rings. The molecule has 1 fully saturated rings. The van der Waals surface area contributed by atoms with Crippen molar-refractivity contribution in [2.24, 2.45) is 0 Å². The summed E-state index contributed by atoms with van der Waals surface area (Å²) >= 11 is 1.35. The predicted molar refractivity (Wildman–Crippen MR) is 163 cm³/mol. The van der Waals surface area contributed by atoms with E-state index in [0.717, 1.165) is 51.7 Å². The lowest BCUT2D eigenvalue weighted by molar-refractivity contribution is 0.0981. The van der Waals surface area contributed by atoms with E-state index in [4.69, 9.17) is 4.98 Å². The van der Waals surface area contributed by atoms with Crippen LogP contribution in [-0.4, -0.2) is 32.9 Å². The van der Waals surface area contributed by atoms with E-state index >= 15 is 0 Å². The van der Waals surface area contributed by atoms with Gasteiger partial charge >= 0.3 is 0 Å². The van der Waals surface area contributed by atoms with Gasteiger partial charge in [0.2, 0.25) is 0 Å². The summed E-state index contributed by atoms with van der Waals surface area (Å²) in [4.78, 5) is 39.7. The molecule has 1 N–H and O–H groups in total. The molecule has 0 saturated heterocycles. The van der Waals surface area contributed by atoms with Crippen molar-refractivity contribution < 1.29 is 14.0 Å². The second-order valence-electron chi connectivity index (χ2n) is 10.8. The van der Waals surface area contributed by atoms with Crippen LogP contribution >= 0.6 is 11.3 Å². The smallest absolute Gasteiger partial charge is 0.276 e. The molecular formula is C33H28FN5O2S. The topological polar surface area (TPSA) is 80.1 Å². The highest BCUT2D eigenvalue weighted by Gasteiger charge is 2.30. The fraction of sp³-hybridized carbons (Fsp3) is 0.212. The first-order valence-electron chi connectivity index (χ1n) is 14.0. The summed E-state index contributed by atoms with van der Waals surface area (Å²) in [5.74, 6) is -0.0449. The second kappa shape index (κ2) is 10.3. The average molecular weight is 578 g/mol. The van der Waals surface area contributed by atoms with E-state index in [1.165, 1.54) is 17.4 Å². The van der Waals surface area contributed by atoms with E-state index < -0.39 is 5.82 Å². The highest BCUT2D eigenvalue weighted by atomic mass is 32.1. The van der Waals surface area contributed by atoms with E-state index in [0.29, 0.717) is 35.1 Å². The number of rotatable bonds is 5. The first kappa shape index (κ1) is 26.3. The van der Waals surface area contributed by atoms with Crippen molar-refractivity contribution in [3.8, 4) is 21.8 Å². The SMILES string of the molecule is Cc1cccc(F)c1NC(=O)c1cc2c(s1)-c1ccccc1N(C(=O)c1cccc(-c3cnc(C)n3C3CC3)n1)CC2. The molecule has 0 bridgehead atoms. The number of nitrogens with zero attached hydrogens (tertiary/aromatic N) is 4. The number of imidazole rings is 1. The van der Waals surface area contributed by atoms with E-state index in [1.807, 2.05) is 55.6 Å². The zero-order chi connectivity index (χ0) is 29.0. The van der Waals surface area contributed by atoms with Crippen LogP contribution < -0.4 is 10.2 Å². The third-order valence-corrected chi connectivity index (χ3v) is 9.12. The van der Waals surface area contributed by atoms with Crippen LogP contribution in [0.2, 0.25) is 0 Å². The molecule has 0 radical (unpaired) electrons. The number of thiophene rings is 1. The van der Waals surface area contributed by atoms with Crippen molar-refractivity contribution in [1.29, 1.82) is 0 Å². The van der Waals surface area contributed by atoms with Gasteiger partial charge in [-0.1, -0.05) is 36.4 Å². The van der Waals surface area contributed by atoms with Gasteiger partial charge in [-0.05, 0) is 74.6 Å². The van der Waals surface area contributed by atoms with Crippen molar-refractivity contribution in [3.63, 3.8) is 0 Å². The Bertz CT molecular complexity index is 1850. The van der Waals surface area contributed by atoms with Crippen molar-refractivity contribution in [3.05, 3.63) is 106 Å². The summed E-state index contributed by atoms with van der Waals surface area (Å²) in [7, 11) is 0. The molecule has 9 heteroatoms. The maximum atomic E-state index is 14.4. The van der Waals surface area contributed by atoms with Gasteiger partial charge in [0.25, 0.3) is 11.8 Å². The van der Waals surface area contributed by atoms with Crippen molar-refractivity contribution in [2.75, 3.05) is 16.8 Å². The van der Waals surface area contributed by atoms with Gasteiger partial charge in [-0.25, -0.2) is 14.4 Å². The minimum atomic E-state index is -0.467. The lowest BCUT2D eigenvalue weighted by Crippen LogP contribution is -2.33. The average Bonchev–Trinajstić information content (AvgIpc) is 3.66. The van der Waals surface area contributed by atoms with Gasteiger partial charge in [-0.2, -0.15) is 0 Å². The fourth-order valence-corrected chi connectivity index (χ4v) is 6.80. The number of nitrogens with one attached hydrogen (secondary N) is 1. The number of fused-ring (bicyclic) bond motifs is 3. The number of para-hydroxylation sites is 2. The number of aromatic nitrogens is 3. The third-order valence-electron chi connectivity index (χ3n) is 7.91. The maximum absolute atomic E-state index is 14.4. The van der Waals surface area contributed by atoms with Gasteiger partial charge in [-0.3, -0.25) is 9.59 Å². The Labute approximate surface area is 246 Å². The minimum absolute atomic E-state index is 0.179. The van der Waals surface area contributed by atoms with Gasteiger partial charge in [0.05, 0.1) is 33.8 Å². The van der Waals surface area contributed by atoms with Crippen LogP contribution in [0.25, 0.3) is 21.8 Å². The van der Waals surface area contributed by atoms with E-state index in [1.54, 1.807) is 30.0 Å². The van der Waals surface area contributed by atoms with Gasteiger partial charge in [0.1, 0.15) is 17.3 Å². The van der Waals surface area contributed by atoms with Crippen LogP contribution in [0.15, 0.2) is 72.9 Å². The summed E-state index contributed by atoms with van der Waals surface area (Å²) in [6, 6.07) is 20.3. The van der Waals surface area contributed by atoms with Crippen molar-refractivity contribution in [1.82, 2.24) is 14.5 Å². The molecule has 0 unspecified atom stereocenters. The van der Waals surface area contributed by atoms with Crippen LogP contribution in [0, 0.1) is 19.7 Å². The van der Waals surface area contributed by atoms with Crippen molar-refractivity contribution >= 4 is 34.5 Å². The third kappa shape index (κ3) is 4.59. The van der Waals surface area contributed by atoms with Crippen LogP contribution in [0.5, 0.6) is 0 Å². The van der Waals surface area contributed by atoms with Gasteiger partial charge in [-0.15, -0.1) is 11.3 Å². The predicted octanol–water partition coefficient (Wildman–Crippen LogP) is 7.22. The first-order chi connectivity index (χ1) is 20.4. The molecule has 1 aliphatic heterocycles. The Hall–Kier alpha value is -4.63. The lowest BCUT2D eigenvalue weighted by Gasteiger charge is -2.23. The largest absolute Gasteiger partial charge is 0.324 e. The Kier molecular flexibility index (Phi) is 6.46. The number of anilines is 2. The molecule has 2 amide bonds. The summed E-state index contributed by atoms with van der Waals surface area (Å²) in [6.07, 6.45) is 4.66. The molecule has 7 rings (SSSR count). The van der Waals surface area contributed by atoms with Gasteiger partial charge in [0, 0.05) is 23.0 Å². The normalized spacial score (nSPS) is 14.2. The van der Waals surface area contributed by atoms with Gasteiger partial charge < -0.3 is 14.8 Å². The Morgan fingerprint density at radius 1 is 1.02 bits per heavy atom. The summed E-state index contributed by atoms with van der Waals surface area (Å²) in [6.45, 7) is 4.19. The Morgan fingerprint density at radius 3 is 2.64 bits per heavy atom. The highest BCUT2D eigenvalue weighted by Crippen LogP contribution is 2.42. The molecule has 2 aliphatic rings. The molecule has 4 heterocycles. The molecule has 7 nitrogen and oxygen atoms in total.